The number of hydrogen-bond donors (Lipinski definition) is 1. The molecule has 18 heavy (non-hydrogen) atoms. The zero-order valence-corrected chi connectivity index (χ0v) is 12.8. The predicted molar refractivity (Wildman–Crippen MR) is 79.2 cm³/mol. The molecule has 100 valence electrons. The third-order valence-corrected chi connectivity index (χ3v) is 4.16. The van der Waals surface area contributed by atoms with Gasteiger partial charge in [-0.05, 0) is 28.9 Å². The van der Waals surface area contributed by atoms with Gasteiger partial charge >= 0.3 is 0 Å². The third-order valence-electron chi connectivity index (χ3n) is 3.37. The highest BCUT2D eigenvalue weighted by Gasteiger charge is 2.22. The Morgan fingerprint density at radius 1 is 1.44 bits per heavy atom. The summed E-state index contributed by atoms with van der Waals surface area (Å²) in [5.41, 5.74) is 5.70. The van der Waals surface area contributed by atoms with Crippen molar-refractivity contribution in [3.63, 3.8) is 0 Å². The van der Waals surface area contributed by atoms with E-state index in [1.165, 1.54) is 0 Å². The number of aromatic nitrogens is 1. The molecule has 0 bridgehead atoms. The van der Waals surface area contributed by atoms with Crippen molar-refractivity contribution in [2.24, 2.45) is 5.73 Å². The van der Waals surface area contributed by atoms with Crippen LogP contribution in [0.5, 0.6) is 0 Å². The fraction of sp³-hybridized carbons (Fsp3) is 0.583. The van der Waals surface area contributed by atoms with E-state index in [0.29, 0.717) is 17.6 Å². The summed E-state index contributed by atoms with van der Waals surface area (Å²) in [6.45, 7) is 6.87. The Bertz CT molecular complexity index is 407. The minimum atomic E-state index is 0.453. The lowest BCUT2D eigenvalue weighted by Crippen LogP contribution is -2.51. The summed E-state index contributed by atoms with van der Waals surface area (Å²) in [7, 11) is 0. The fourth-order valence-electron chi connectivity index (χ4n) is 2.16. The second kappa shape index (κ2) is 6.19. The second-order valence-corrected chi connectivity index (χ2v) is 5.86. The first-order valence-corrected chi connectivity index (χ1v) is 7.29. The summed E-state index contributed by atoms with van der Waals surface area (Å²) in [6.07, 6.45) is 1.69. The van der Waals surface area contributed by atoms with Crippen LogP contribution < -0.4 is 10.6 Å². The van der Waals surface area contributed by atoms with E-state index in [1.54, 1.807) is 6.20 Å². The van der Waals surface area contributed by atoms with Crippen molar-refractivity contribution in [2.45, 2.75) is 13.0 Å². The van der Waals surface area contributed by atoms with E-state index in [-0.39, 0.29) is 0 Å². The zero-order chi connectivity index (χ0) is 13.1. The SMILES string of the molecule is CC(CN)N1CCN(c2ncc(Cl)cc2Br)CC1. The Morgan fingerprint density at radius 3 is 2.67 bits per heavy atom. The monoisotopic (exact) mass is 332 g/mol. The summed E-state index contributed by atoms with van der Waals surface area (Å²) in [5, 5.41) is 0.654. The van der Waals surface area contributed by atoms with E-state index in [0.717, 1.165) is 36.5 Å². The molecule has 0 aliphatic carbocycles. The number of halogens is 2. The molecular weight excluding hydrogens is 316 g/mol. The number of nitrogens with zero attached hydrogens (tertiary/aromatic N) is 3. The Labute approximate surface area is 121 Å². The number of rotatable bonds is 3. The number of anilines is 1. The van der Waals surface area contributed by atoms with Gasteiger partial charge in [-0.25, -0.2) is 4.98 Å². The first-order chi connectivity index (χ1) is 8.61. The summed E-state index contributed by atoms with van der Waals surface area (Å²) >= 11 is 9.42. The quantitative estimate of drug-likeness (QED) is 0.918. The Hall–Kier alpha value is -0.360. The first kappa shape index (κ1) is 14.1. The molecule has 0 aromatic carbocycles. The van der Waals surface area contributed by atoms with Gasteiger partial charge in [0.05, 0.1) is 9.50 Å². The van der Waals surface area contributed by atoms with Crippen molar-refractivity contribution in [3.05, 3.63) is 21.8 Å². The maximum Gasteiger partial charge on any atom is 0.143 e. The van der Waals surface area contributed by atoms with Crippen molar-refractivity contribution >= 4 is 33.3 Å². The molecule has 1 aliphatic rings. The van der Waals surface area contributed by atoms with Crippen LogP contribution in [0.4, 0.5) is 5.82 Å². The molecule has 4 nitrogen and oxygen atoms in total. The minimum Gasteiger partial charge on any atom is -0.353 e. The third kappa shape index (κ3) is 3.15. The maximum atomic E-state index is 5.91. The van der Waals surface area contributed by atoms with Crippen molar-refractivity contribution in [2.75, 3.05) is 37.6 Å². The summed E-state index contributed by atoms with van der Waals surface area (Å²) in [5.74, 6) is 0.972. The van der Waals surface area contributed by atoms with Crippen LogP contribution >= 0.6 is 27.5 Å². The standard InChI is InChI=1S/C12H18BrClN4/c1-9(7-15)17-2-4-18(5-3-17)12-11(13)6-10(14)8-16-12/h6,8-9H,2-5,7,15H2,1H3. The number of piperazine rings is 1. The number of hydrogen-bond acceptors (Lipinski definition) is 4. The van der Waals surface area contributed by atoms with Crippen molar-refractivity contribution < 1.29 is 0 Å². The van der Waals surface area contributed by atoms with Crippen LogP contribution in [0.1, 0.15) is 6.92 Å². The van der Waals surface area contributed by atoms with E-state index in [9.17, 15) is 0 Å². The van der Waals surface area contributed by atoms with Crippen LogP contribution in [0.25, 0.3) is 0 Å². The maximum absolute atomic E-state index is 5.91. The molecule has 2 rings (SSSR count). The van der Waals surface area contributed by atoms with Crippen molar-refractivity contribution in [3.8, 4) is 0 Å². The second-order valence-electron chi connectivity index (χ2n) is 4.57. The molecule has 0 radical (unpaired) electrons. The highest BCUT2D eigenvalue weighted by Crippen LogP contribution is 2.27. The number of nitrogens with two attached hydrogens (primary N) is 1. The molecule has 1 saturated heterocycles. The van der Waals surface area contributed by atoms with Crippen LogP contribution in [0.3, 0.4) is 0 Å². The summed E-state index contributed by atoms with van der Waals surface area (Å²) in [4.78, 5) is 9.09. The minimum absolute atomic E-state index is 0.453. The Balaban J connectivity index is 2.01. The lowest BCUT2D eigenvalue weighted by Gasteiger charge is -2.38. The molecule has 1 fully saturated rings. The van der Waals surface area contributed by atoms with Crippen molar-refractivity contribution in [1.29, 1.82) is 0 Å². The highest BCUT2D eigenvalue weighted by atomic mass is 79.9. The smallest absolute Gasteiger partial charge is 0.143 e. The van der Waals surface area contributed by atoms with Crippen LogP contribution in [0.15, 0.2) is 16.7 Å². The average molecular weight is 334 g/mol. The molecule has 6 heteroatoms. The van der Waals surface area contributed by atoms with Gasteiger partial charge in [-0.1, -0.05) is 11.6 Å². The van der Waals surface area contributed by atoms with Gasteiger partial charge in [-0.3, -0.25) is 4.90 Å². The molecule has 2 N–H and O–H groups in total. The largest absolute Gasteiger partial charge is 0.353 e. The van der Waals surface area contributed by atoms with Crippen LogP contribution in [0, 0.1) is 0 Å². The van der Waals surface area contributed by atoms with Gasteiger partial charge < -0.3 is 10.6 Å². The summed E-state index contributed by atoms with van der Waals surface area (Å²) < 4.78 is 0.954. The Morgan fingerprint density at radius 2 is 2.11 bits per heavy atom. The normalized spacial score (nSPS) is 19.0. The van der Waals surface area contributed by atoms with Crippen molar-refractivity contribution in [1.82, 2.24) is 9.88 Å². The highest BCUT2D eigenvalue weighted by molar-refractivity contribution is 9.10. The Kier molecular flexibility index (Phi) is 4.84. The predicted octanol–water partition coefficient (Wildman–Crippen LogP) is 1.97. The van der Waals surface area contributed by atoms with Crippen LogP contribution in [-0.4, -0.2) is 48.6 Å². The molecule has 0 spiro atoms. The average Bonchev–Trinajstić information content (AvgIpc) is 2.38. The van der Waals surface area contributed by atoms with Gasteiger partial charge in [0, 0.05) is 45.0 Å². The van der Waals surface area contributed by atoms with Gasteiger partial charge in [0.25, 0.3) is 0 Å². The van der Waals surface area contributed by atoms with E-state index in [2.05, 4.69) is 37.6 Å². The molecule has 1 aromatic heterocycles. The fourth-order valence-corrected chi connectivity index (χ4v) is 3.05. The molecule has 1 atom stereocenters. The van der Waals surface area contributed by atoms with Gasteiger partial charge in [-0.15, -0.1) is 0 Å². The lowest BCUT2D eigenvalue weighted by atomic mass is 10.2. The molecule has 2 heterocycles. The zero-order valence-electron chi connectivity index (χ0n) is 10.4. The first-order valence-electron chi connectivity index (χ1n) is 6.12. The molecular formula is C12H18BrClN4. The van der Waals surface area contributed by atoms with Gasteiger partial charge in [0.15, 0.2) is 0 Å². The topological polar surface area (TPSA) is 45.4 Å². The molecule has 0 amide bonds. The van der Waals surface area contributed by atoms with E-state index in [1.807, 2.05) is 6.07 Å². The number of pyridine rings is 1. The molecule has 1 aromatic rings. The van der Waals surface area contributed by atoms with Gasteiger partial charge in [0.2, 0.25) is 0 Å². The lowest BCUT2D eigenvalue weighted by molar-refractivity contribution is 0.201. The molecule has 1 aliphatic heterocycles. The van der Waals surface area contributed by atoms with Crippen LogP contribution in [-0.2, 0) is 0 Å². The molecule has 0 saturated carbocycles. The van der Waals surface area contributed by atoms with Gasteiger partial charge in [0.1, 0.15) is 5.82 Å². The molecule has 1 unspecified atom stereocenters. The van der Waals surface area contributed by atoms with Gasteiger partial charge in [-0.2, -0.15) is 0 Å². The van der Waals surface area contributed by atoms with E-state index >= 15 is 0 Å². The van der Waals surface area contributed by atoms with Crippen LogP contribution in [0.2, 0.25) is 5.02 Å². The van der Waals surface area contributed by atoms with E-state index in [4.69, 9.17) is 17.3 Å². The summed E-state index contributed by atoms with van der Waals surface area (Å²) in [6, 6.07) is 2.34. The van der Waals surface area contributed by atoms with E-state index < -0.39 is 0 Å².